The summed E-state index contributed by atoms with van der Waals surface area (Å²) in [4.78, 5) is 11.7. The van der Waals surface area contributed by atoms with Gasteiger partial charge in [-0.2, -0.15) is 0 Å². The zero-order chi connectivity index (χ0) is 17.3. The normalized spacial score (nSPS) is 18.5. The van der Waals surface area contributed by atoms with E-state index in [9.17, 15) is 13.2 Å². The first-order valence-electron chi connectivity index (χ1n) is 7.83. The van der Waals surface area contributed by atoms with E-state index in [0.717, 1.165) is 22.5 Å². The predicted molar refractivity (Wildman–Crippen MR) is 95.0 cm³/mol. The Bertz CT molecular complexity index is 891. The number of nitrogens with one attached hydrogen (secondary N) is 2. The smallest absolute Gasteiger partial charge is 0.221 e. The number of hydrogen-bond acceptors (Lipinski definition) is 4. The summed E-state index contributed by atoms with van der Waals surface area (Å²) in [5.74, 6) is 0.0101. The third-order valence-electron chi connectivity index (χ3n) is 4.19. The van der Waals surface area contributed by atoms with Gasteiger partial charge in [0, 0.05) is 18.3 Å². The van der Waals surface area contributed by atoms with Crippen molar-refractivity contribution in [1.82, 2.24) is 0 Å². The second kappa shape index (κ2) is 6.28. The fraction of sp³-hybridized carbons (Fsp3) is 0.278. The maximum atomic E-state index is 12.2. The van der Waals surface area contributed by atoms with Gasteiger partial charge in [0.05, 0.1) is 16.7 Å². The van der Waals surface area contributed by atoms with Crippen molar-refractivity contribution in [2.24, 2.45) is 0 Å². The van der Waals surface area contributed by atoms with Gasteiger partial charge in [-0.3, -0.25) is 4.79 Å². The quantitative estimate of drug-likeness (QED) is 0.896. The fourth-order valence-corrected chi connectivity index (χ4v) is 4.60. The zero-order valence-corrected chi connectivity index (χ0v) is 14.5. The van der Waals surface area contributed by atoms with Crippen LogP contribution in [0.15, 0.2) is 47.4 Å². The molecule has 3 rings (SSSR count). The molecule has 1 atom stereocenters. The molecule has 5 nitrogen and oxygen atoms in total. The number of hydrogen-bond donors (Lipinski definition) is 2. The highest BCUT2D eigenvalue weighted by molar-refractivity contribution is 7.91. The molecule has 0 aliphatic carbocycles. The molecule has 0 bridgehead atoms. The fourth-order valence-electron chi connectivity index (χ4n) is 2.98. The first-order valence-corrected chi connectivity index (χ1v) is 9.48. The lowest BCUT2D eigenvalue weighted by molar-refractivity contribution is -0.114. The van der Waals surface area contributed by atoms with Crippen molar-refractivity contribution in [1.29, 1.82) is 0 Å². The van der Waals surface area contributed by atoms with Crippen LogP contribution in [0, 0.1) is 6.92 Å². The molecule has 126 valence electrons. The Morgan fingerprint density at radius 3 is 2.67 bits per heavy atom. The number of rotatable bonds is 3. The van der Waals surface area contributed by atoms with Gasteiger partial charge in [-0.25, -0.2) is 8.42 Å². The standard InChI is InChI=1S/C18H20N2O3S/c1-12-7-8-14(11-17(12)19-13(2)21)20-16-9-10-24(22,23)18-6-4-3-5-15(16)18/h3-8,11,16,20H,9-10H2,1-2H3,(H,19,21). The Labute approximate surface area is 142 Å². The predicted octanol–water partition coefficient (Wildman–Crippen LogP) is 3.28. The Morgan fingerprint density at radius 2 is 1.92 bits per heavy atom. The van der Waals surface area contributed by atoms with E-state index >= 15 is 0 Å². The van der Waals surface area contributed by atoms with Crippen LogP contribution < -0.4 is 10.6 Å². The molecular weight excluding hydrogens is 324 g/mol. The third-order valence-corrected chi connectivity index (χ3v) is 6.01. The minimum Gasteiger partial charge on any atom is -0.378 e. The van der Waals surface area contributed by atoms with Gasteiger partial charge in [-0.05, 0) is 42.7 Å². The van der Waals surface area contributed by atoms with Crippen LogP contribution in [0.5, 0.6) is 0 Å². The van der Waals surface area contributed by atoms with Gasteiger partial charge in [0.1, 0.15) is 0 Å². The van der Waals surface area contributed by atoms with Crippen molar-refractivity contribution in [3.8, 4) is 0 Å². The molecule has 1 unspecified atom stereocenters. The average molecular weight is 344 g/mol. The summed E-state index contributed by atoms with van der Waals surface area (Å²) in [6, 6.07) is 12.8. The number of carbonyl (C=O) groups excluding carboxylic acids is 1. The number of aryl methyl sites for hydroxylation is 1. The Kier molecular flexibility index (Phi) is 4.32. The second-order valence-electron chi connectivity index (χ2n) is 6.05. The van der Waals surface area contributed by atoms with E-state index in [0.29, 0.717) is 11.3 Å². The van der Waals surface area contributed by atoms with Crippen molar-refractivity contribution < 1.29 is 13.2 Å². The molecule has 1 heterocycles. The highest BCUT2D eigenvalue weighted by atomic mass is 32.2. The van der Waals surface area contributed by atoms with Crippen molar-refractivity contribution >= 4 is 27.1 Å². The van der Waals surface area contributed by atoms with Crippen LogP contribution in [0.4, 0.5) is 11.4 Å². The Balaban J connectivity index is 1.91. The summed E-state index contributed by atoms with van der Waals surface area (Å²) in [5, 5.41) is 6.21. The molecule has 1 aliphatic rings. The lowest BCUT2D eigenvalue weighted by Gasteiger charge is -2.27. The second-order valence-corrected chi connectivity index (χ2v) is 8.13. The molecule has 24 heavy (non-hydrogen) atoms. The van der Waals surface area contributed by atoms with Crippen LogP contribution in [0.2, 0.25) is 0 Å². The van der Waals surface area contributed by atoms with E-state index < -0.39 is 9.84 Å². The van der Waals surface area contributed by atoms with Crippen LogP contribution in [0.25, 0.3) is 0 Å². The van der Waals surface area contributed by atoms with Crippen molar-refractivity contribution in [2.45, 2.75) is 31.2 Å². The molecular formula is C18H20N2O3S. The van der Waals surface area contributed by atoms with E-state index in [4.69, 9.17) is 0 Å². The average Bonchev–Trinajstić information content (AvgIpc) is 2.53. The van der Waals surface area contributed by atoms with Crippen LogP contribution in [-0.4, -0.2) is 20.1 Å². The van der Waals surface area contributed by atoms with Gasteiger partial charge in [0.25, 0.3) is 0 Å². The van der Waals surface area contributed by atoms with Crippen LogP contribution in [-0.2, 0) is 14.6 Å². The number of sulfone groups is 1. The van der Waals surface area contributed by atoms with Gasteiger partial charge in [0.15, 0.2) is 9.84 Å². The number of amides is 1. The summed E-state index contributed by atoms with van der Waals surface area (Å²) in [7, 11) is -3.20. The Hall–Kier alpha value is -2.34. The first-order chi connectivity index (χ1) is 11.4. The molecule has 0 aromatic heterocycles. The van der Waals surface area contributed by atoms with Gasteiger partial charge in [-0.1, -0.05) is 24.3 Å². The maximum Gasteiger partial charge on any atom is 0.221 e. The summed E-state index contributed by atoms with van der Waals surface area (Å²) in [6.07, 6.45) is 0.517. The number of fused-ring (bicyclic) bond motifs is 1. The molecule has 0 radical (unpaired) electrons. The van der Waals surface area contributed by atoms with Crippen LogP contribution in [0.1, 0.15) is 30.5 Å². The van der Waals surface area contributed by atoms with Crippen molar-refractivity contribution in [3.05, 3.63) is 53.6 Å². The monoisotopic (exact) mass is 344 g/mol. The third kappa shape index (κ3) is 3.28. The molecule has 2 N–H and O–H groups in total. The van der Waals surface area contributed by atoms with E-state index in [1.54, 1.807) is 12.1 Å². The van der Waals surface area contributed by atoms with Crippen LogP contribution in [0.3, 0.4) is 0 Å². The van der Waals surface area contributed by atoms with Gasteiger partial charge >= 0.3 is 0 Å². The molecule has 6 heteroatoms. The molecule has 1 aliphatic heterocycles. The van der Waals surface area contributed by atoms with Crippen molar-refractivity contribution in [3.63, 3.8) is 0 Å². The molecule has 0 spiro atoms. The highest BCUT2D eigenvalue weighted by Crippen LogP contribution is 2.35. The summed E-state index contributed by atoms with van der Waals surface area (Å²) in [6.45, 7) is 3.40. The van der Waals surface area contributed by atoms with Crippen molar-refractivity contribution in [2.75, 3.05) is 16.4 Å². The highest BCUT2D eigenvalue weighted by Gasteiger charge is 2.29. The van der Waals surface area contributed by atoms with E-state index in [2.05, 4.69) is 10.6 Å². The van der Waals surface area contributed by atoms with E-state index in [1.807, 2.05) is 37.3 Å². The first kappa shape index (κ1) is 16.5. The summed E-state index contributed by atoms with van der Waals surface area (Å²) < 4.78 is 24.4. The number of benzene rings is 2. The minimum atomic E-state index is -3.20. The van der Waals surface area contributed by atoms with Gasteiger partial charge in [0.2, 0.25) is 5.91 Å². The molecule has 2 aromatic carbocycles. The molecule has 0 fully saturated rings. The summed E-state index contributed by atoms with van der Waals surface area (Å²) >= 11 is 0. The van der Waals surface area contributed by atoms with E-state index in [1.165, 1.54) is 6.92 Å². The van der Waals surface area contributed by atoms with Crippen LogP contribution >= 0.6 is 0 Å². The molecule has 0 saturated heterocycles. The minimum absolute atomic E-state index is 0.0717. The Morgan fingerprint density at radius 1 is 1.17 bits per heavy atom. The maximum absolute atomic E-state index is 12.2. The topological polar surface area (TPSA) is 75.3 Å². The molecule has 1 amide bonds. The van der Waals surface area contributed by atoms with Gasteiger partial charge in [-0.15, -0.1) is 0 Å². The number of carbonyl (C=O) groups is 1. The SMILES string of the molecule is CC(=O)Nc1cc(NC2CCS(=O)(=O)c3ccccc32)ccc1C. The number of anilines is 2. The largest absolute Gasteiger partial charge is 0.378 e. The van der Waals surface area contributed by atoms with Gasteiger partial charge < -0.3 is 10.6 Å². The summed E-state index contributed by atoms with van der Waals surface area (Å²) in [5.41, 5.74) is 3.38. The molecule has 0 saturated carbocycles. The molecule has 2 aromatic rings. The van der Waals surface area contributed by atoms with E-state index in [-0.39, 0.29) is 17.7 Å². The lowest BCUT2D eigenvalue weighted by atomic mass is 10.0. The lowest BCUT2D eigenvalue weighted by Crippen LogP contribution is -2.24. The zero-order valence-electron chi connectivity index (χ0n) is 13.7.